The van der Waals surface area contributed by atoms with Crippen LogP contribution in [-0.4, -0.2) is 53.0 Å². The molecular formula is C23H18N2O7. The van der Waals surface area contributed by atoms with Crippen molar-refractivity contribution in [1.29, 1.82) is 0 Å². The van der Waals surface area contributed by atoms with E-state index in [1.807, 2.05) is 0 Å². The maximum absolute atomic E-state index is 13.0. The van der Waals surface area contributed by atoms with Gasteiger partial charge in [-0.15, -0.1) is 13.2 Å². The fraction of sp³-hybridized carbons (Fsp3) is 0.130. The quantitative estimate of drug-likeness (QED) is 0.231. The number of fused-ring (bicyclic) bond motifs is 2. The summed E-state index contributed by atoms with van der Waals surface area (Å²) < 4.78 is 4.98. The van der Waals surface area contributed by atoms with Gasteiger partial charge in [-0.25, -0.2) is 4.79 Å². The number of hydrogen-bond donors (Lipinski definition) is 0. The summed E-state index contributed by atoms with van der Waals surface area (Å²) in [6.45, 7) is 6.79. The normalized spacial score (nSPS) is 11.8. The van der Waals surface area contributed by atoms with Gasteiger partial charge in [-0.2, -0.15) is 0 Å². The number of ether oxygens (including phenoxy) is 1. The lowest BCUT2D eigenvalue weighted by molar-refractivity contribution is -0.385. The largest absolute Gasteiger partial charge is 0.452 e. The van der Waals surface area contributed by atoms with Crippen molar-refractivity contribution in [3.05, 3.63) is 99.6 Å². The van der Waals surface area contributed by atoms with Gasteiger partial charge in [0.1, 0.15) is 11.1 Å². The third-order valence-corrected chi connectivity index (χ3v) is 4.85. The standard InChI is InChI=1S/C23H18N2O7/c1-3-11-24(12-4-2)18(26)13-32-23(29)17-10-9-16-19(20(17)25(30)31)22(28)15-8-6-5-7-14(15)21(16)27/h3-10H,1-2,11-13H2. The minimum Gasteiger partial charge on any atom is -0.452 e. The Bertz CT molecular complexity index is 1170. The maximum atomic E-state index is 13.0. The molecule has 2 aromatic carbocycles. The minimum absolute atomic E-state index is 0.0123. The third kappa shape index (κ3) is 3.95. The molecule has 0 N–H and O–H groups in total. The molecule has 0 radical (unpaired) electrons. The first-order valence-electron chi connectivity index (χ1n) is 9.48. The molecule has 3 rings (SSSR count). The lowest BCUT2D eigenvalue weighted by Crippen LogP contribution is -2.35. The van der Waals surface area contributed by atoms with Crippen molar-refractivity contribution in [2.75, 3.05) is 19.7 Å². The summed E-state index contributed by atoms with van der Waals surface area (Å²) in [6, 6.07) is 8.18. The summed E-state index contributed by atoms with van der Waals surface area (Å²) in [6.07, 6.45) is 2.97. The van der Waals surface area contributed by atoms with E-state index in [2.05, 4.69) is 13.2 Å². The number of hydrogen-bond acceptors (Lipinski definition) is 7. The van der Waals surface area contributed by atoms with Gasteiger partial charge >= 0.3 is 5.97 Å². The van der Waals surface area contributed by atoms with Crippen molar-refractivity contribution >= 4 is 29.1 Å². The van der Waals surface area contributed by atoms with E-state index in [1.54, 1.807) is 6.07 Å². The Labute approximate surface area is 182 Å². The molecule has 1 aliphatic carbocycles. The Morgan fingerprint density at radius 3 is 2.12 bits per heavy atom. The summed E-state index contributed by atoms with van der Waals surface area (Å²) in [5.74, 6) is -3.02. The fourth-order valence-corrected chi connectivity index (χ4v) is 3.41. The number of nitro groups is 1. The topological polar surface area (TPSA) is 124 Å². The third-order valence-electron chi connectivity index (χ3n) is 4.85. The van der Waals surface area contributed by atoms with E-state index in [9.17, 15) is 29.3 Å². The van der Waals surface area contributed by atoms with Crippen LogP contribution < -0.4 is 0 Å². The first kappa shape index (κ1) is 22.3. The summed E-state index contributed by atoms with van der Waals surface area (Å²) in [5, 5.41) is 11.8. The molecule has 0 bridgehead atoms. The molecule has 1 aliphatic rings. The number of esters is 1. The predicted molar refractivity (Wildman–Crippen MR) is 114 cm³/mol. The molecule has 0 saturated heterocycles. The van der Waals surface area contributed by atoms with Crippen LogP contribution in [0.3, 0.4) is 0 Å². The Morgan fingerprint density at radius 2 is 1.56 bits per heavy atom. The van der Waals surface area contributed by atoms with Crippen molar-refractivity contribution in [3.63, 3.8) is 0 Å². The molecule has 2 aromatic rings. The molecular weight excluding hydrogens is 416 g/mol. The highest BCUT2D eigenvalue weighted by molar-refractivity contribution is 6.30. The van der Waals surface area contributed by atoms with Crippen LogP contribution in [0.15, 0.2) is 61.7 Å². The second kappa shape index (κ2) is 9.17. The van der Waals surface area contributed by atoms with Gasteiger partial charge in [-0.3, -0.25) is 24.5 Å². The number of ketones is 2. The van der Waals surface area contributed by atoms with E-state index >= 15 is 0 Å². The molecule has 0 heterocycles. The van der Waals surface area contributed by atoms with Crippen molar-refractivity contribution in [2.45, 2.75) is 0 Å². The number of carbonyl (C=O) groups excluding carboxylic acids is 4. The van der Waals surface area contributed by atoms with E-state index in [0.29, 0.717) is 0 Å². The molecule has 0 saturated carbocycles. The van der Waals surface area contributed by atoms with Crippen LogP contribution in [0.4, 0.5) is 5.69 Å². The van der Waals surface area contributed by atoms with Crippen molar-refractivity contribution in [2.24, 2.45) is 0 Å². The van der Waals surface area contributed by atoms with Gasteiger partial charge in [0.25, 0.3) is 11.6 Å². The van der Waals surface area contributed by atoms with Crippen LogP contribution in [0.5, 0.6) is 0 Å². The number of nitro benzene ring substituents is 1. The van der Waals surface area contributed by atoms with Gasteiger partial charge in [-0.1, -0.05) is 36.4 Å². The zero-order valence-corrected chi connectivity index (χ0v) is 16.9. The van der Waals surface area contributed by atoms with E-state index < -0.39 is 51.8 Å². The number of nitrogens with zero attached hydrogens (tertiary/aromatic N) is 2. The highest BCUT2D eigenvalue weighted by Gasteiger charge is 2.39. The zero-order chi connectivity index (χ0) is 23.4. The number of rotatable bonds is 8. The Hall–Kier alpha value is -4.40. The monoisotopic (exact) mass is 434 g/mol. The van der Waals surface area contributed by atoms with E-state index in [1.165, 1.54) is 41.3 Å². The number of amides is 1. The Balaban J connectivity index is 1.96. The summed E-state index contributed by atoms with van der Waals surface area (Å²) in [4.78, 5) is 62.8. The molecule has 9 heteroatoms. The van der Waals surface area contributed by atoms with Crippen LogP contribution in [0, 0.1) is 10.1 Å². The van der Waals surface area contributed by atoms with Gasteiger partial charge in [-0.05, 0) is 12.1 Å². The van der Waals surface area contributed by atoms with Crippen molar-refractivity contribution in [1.82, 2.24) is 4.90 Å². The summed E-state index contributed by atoms with van der Waals surface area (Å²) >= 11 is 0. The van der Waals surface area contributed by atoms with E-state index in [4.69, 9.17) is 4.74 Å². The van der Waals surface area contributed by atoms with Gasteiger partial charge in [0.15, 0.2) is 12.4 Å². The molecule has 32 heavy (non-hydrogen) atoms. The molecule has 9 nitrogen and oxygen atoms in total. The second-order valence-electron chi connectivity index (χ2n) is 6.80. The van der Waals surface area contributed by atoms with Gasteiger partial charge in [0.05, 0.1) is 4.92 Å². The number of carbonyl (C=O) groups is 4. The Kier molecular flexibility index (Phi) is 6.39. The van der Waals surface area contributed by atoms with Gasteiger partial charge in [0, 0.05) is 29.8 Å². The van der Waals surface area contributed by atoms with Crippen LogP contribution >= 0.6 is 0 Å². The number of benzene rings is 2. The van der Waals surface area contributed by atoms with Crippen LogP contribution in [-0.2, 0) is 9.53 Å². The SMILES string of the molecule is C=CCN(CC=C)C(=O)COC(=O)c1ccc2c(c1[N+](=O)[O-])C(=O)c1ccccc1C2=O. The predicted octanol–water partition coefficient (Wildman–Crippen LogP) is 2.73. The summed E-state index contributed by atoms with van der Waals surface area (Å²) in [5.41, 5.74) is -1.86. The lowest BCUT2D eigenvalue weighted by atomic mass is 9.82. The molecule has 0 aromatic heterocycles. The molecule has 1 amide bonds. The smallest absolute Gasteiger partial charge is 0.345 e. The first-order valence-corrected chi connectivity index (χ1v) is 9.48. The zero-order valence-electron chi connectivity index (χ0n) is 16.9. The molecule has 0 atom stereocenters. The maximum Gasteiger partial charge on any atom is 0.345 e. The molecule has 0 aliphatic heterocycles. The average molecular weight is 434 g/mol. The highest BCUT2D eigenvalue weighted by Crippen LogP contribution is 2.35. The second-order valence-corrected chi connectivity index (χ2v) is 6.80. The van der Waals surface area contributed by atoms with Crippen LogP contribution in [0.2, 0.25) is 0 Å². The molecule has 162 valence electrons. The molecule has 0 fully saturated rings. The lowest BCUT2D eigenvalue weighted by Gasteiger charge is -2.19. The average Bonchev–Trinajstić information content (AvgIpc) is 2.79. The molecule has 0 unspecified atom stereocenters. The van der Waals surface area contributed by atoms with Gasteiger partial charge < -0.3 is 9.64 Å². The van der Waals surface area contributed by atoms with E-state index in [-0.39, 0.29) is 29.8 Å². The summed E-state index contributed by atoms with van der Waals surface area (Å²) in [7, 11) is 0. The van der Waals surface area contributed by atoms with Gasteiger partial charge in [0.2, 0.25) is 5.78 Å². The van der Waals surface area contributed by atoms with E-state index in [0.717, 1.165) is 6.07 Å². The van der Waals surface area contributed by atoms with Crippen LogP contribution in [0.25, 0.3) is 0 Å². The first-order chi connectivity index (χ1) is 15.3. The van der Waals surface area contributed by atoms with Crippen molar-refractivity contribution < 1.29 is 28.8 Å². The fourth-order valence-electron chi connectivity index (χ4n) is 3.41. The van der Waals surface area contributed by atoms with Crippen LogP contribution in [0.1, 0.15) is 42.2 Å². The molecule has 0 spiro atoms. The highest BCUT2D eigenvalue weighted by atomic mass is 16.6. The minimum atomic E-state index is -1.16. The van der Waals surface area contributed by atoms with Crippen molar-refractivity contribution in [3.8, 4) is 0 Å². The Morgan fingerprint density at radius 1 is 0.969 bits per heavy atom.